The van der Waals surface area contributed by atoms with Crippen LogP contribution in [0.25, 0.3) is 17.2 Å². The summed E-state index contributed by atoms with van der Waals surface area (Å²) >= 11 is 7.01. The highest BCUT2D eigenvalue weighted by atomic mass is 35.5. The molecule has 5 nitrogen and oxygen atoms in total. The summed E-state index contributed by atoms with van der Waals surface area (Å²) in [5.41, 5.74) is 9.48. The molecule has 2 atom stereocenters. The second-order valence-corrected chi connectivity index (χ2v) is 11.3. The number of rotatable bonds is 7. The minimum Gasteiger partial charge on any atom is -0.466 e. The van der Waals surface area contributed by atoms with E-state index in [0.717, 1.165) is 34.8 Å². The van der Waals surface area contributed by atoms with Crippen molar-refractivity contribution in [1.82, 2.24) is 9.78 Å². The molecule has 1 saturated carbocycles. The van der Waals surface area contributed by atoms with Crippen molar-refractivity contribution in [2.24, 2.45) is 0 Å². The lowest BCUT2D eigenvalue weighted by atomic mass is 9.83. The zero-order valence-corrected chi connectivity index (χ0v) is 23.9. The van der Waals surface area contributed by atoms with Crippen LogP contribution in [0.1, 0.15) is 66.5 Å². The number of fused-ring (bicyclic) bond motifs is 1. The summed E-state index contributed by atoms with van der Waals surface area (Å²) < 4.78 is 6.71. The largest absolute Gasteiger partial charge is 0.466 e. The molecular weight excluding hydrogens is 518 g/mol. The Balaban J connectivity index is 1.42. The Kier molecular flexibility index (Phi) is 7.24. The number of halogens is 1. The Morgan fingerprint density at radius 1 is 1.05 bits per heavy atom. The summed E-state index contributed by atoms with van der Waals surface area (Å²) in [7, 11) is 1.38. The van der Waals surface area contributed by atoms with Crippen molar-refractivity contribution < 1.29 is 9.53 Å². The van der Waals surface area contributed by atoms with Crippen LogP contribution < -0.4 is 4.90 Å². The average molecular weight is 552 g/mol. The Hall–Kier alpha value is -3.83. The quantitative estimate of drug-likeness (QED) is 0.173. The predicted octanol–water partition coefficient (Wildman–Crippen LogP) is 7.83. The van der Waals surface area contributed by atoms with Gasteiger partial charge in [0.05, 0.1) is 30.1 Å². The molecule has 0 radical (unpaired) electrons. The van der Waals surface area contributed by atoms with Gasteiger partial charge in [-0.25, -0.2) is 4.79 Å². The van der Waals surface area contributed by atoms with Gasteiger partial charge in [-0.1, -0.05) is 60.1 Å². The summed E-state index contributed by atoms with van der Waals surface area (Å²) in [4.78, 5) is 14.1. The standard InChI is InChI=1S/C34H34ClN3O2/c1-4-37-21-29(20-36-37)26-12-14-30-28(18-26)17-22(2)38(32-15-13-27(19-31(32)35)24-10-11-24)34(30)25-8-5-23(6-9-25)7-16-33(39)40-3/h5-9,12-16,18-22,24,34H,4,10-11,17H2,1-3H3/b16-7+. The third-order valence-corrected chi connectivity index (χ3v) is 8.46. The lowest BCUT2D eigenvalue weighted by Crippen LogP contribution is -2.43. The second kappa shape index (κ2) is 11.0. The van der Waals surface area contributed by atoms with Crippen molar-refractivity contribution in [2.45, 2.75) is 57.7 Å². The predicted molar refractivity (Wildman–Crippen MR) is 162 cm³/mol. The van der Waals surface area contributed by atoms with Crippen LogP contribution >= 0.6 is 11.6 Å². The number of hydrogen-bond acceptors (Lipinski definition) is 4. The Morgan fingerprint density at radius 2 is 1.82 bits per heavy atom. The minimum atomic E-state index is -0.366. The molecule has 1 fully saturated rings. The number of nitrogens with zero attached hydrogens (tertiary/aromatic N) is 3. The average Bonchev–Trinajstić information content (AvgIpc) is 3.72. The lowest BCUT2D eigenvalue weighted by molar-refractivity contribution is -0.134. The summed E-state index contributed by atoms with van der Waals surface area (Å²) in [6.45, 7) is 5.24. The van der Waals surface area contributed by atoms with Gasteiger partial charge in [-0.05, 0) is 90.6 Å². The number of hydrogen-bond donors (Lipinski definition) is 0. The molecule has 0 bridgehead atoms. The van der Waals surface area contributed by atoms with E-state index in [1.165, 1.54) is 53.8 Å². The SMILES string of the molecule is CCn1cc(-c2ccc3c(c2)CC(C)N(c2ccc(C4CC4)cc2Cl)C3c2ccc(/C=C/C(=O)OC)cc2)cn1. The normalized spacial score (nSPS) is 18.6. The highest BCUT2D eigenvalue weighted by Crippen LogP contribution is 2.47. The van der Waals surface area contributed by atoms with Gasteiger partial charge >= 0.3 is 5.97 Å². The van der Waals surface area contributed by atoms with Crippen molar-refractivity contribution in [3.8, 4) is 11.1 Å². The molecular formula is C34H34ClN3O2. The lowest BCUT2D eigenvalue weighted by Gasteiger charge is -2.44. The van der Waals surface area contributed by atoms with Crippen LogP contribution in [0.15, 0.2) is 79.1 Å². The zero-order valence-electron chi connectivity index (χ0n) is 23.2. The van der Waals surface area contributed by atoms with Crippen molar-refractivity contribution in [3.05, 3.63) is 112 Å². The van der Waals surface area contributed by atoms with E-state index in [1.807, 2.05) is 10.9 Å². The molecule has 2 aliphatic rings. The molecule has 4 aromatic rings. The number of carbonyl (C=O) groups excluding carboxylic acids is 1. The van der Waals surface area contributed by atoms with Gasteiger partial charge in [0.25, 0.3) is 0 Å². The van der Waals surface area contributed by atoms with Crippen LogP contribution in [0, 0.1) is 0 Å². The summed E-state index contributed by atoms with van der Waals surface area (Å²) in [6.07, 6.45) is 10.7. The van der Waals surface area contributed by atoms with Gasteiger partial charge in [0.1, 0.15) is 0 Å². The molecule has 2 unspecified atom stereocenters. The van der Waals surface area contributed by atoms with Crippen LogP contribution in [0.5, 0.6) is 0 Å². The molecule has 6 heteroatoms. The van der Waals surface area contributed by atoms with Gasteiger partial charge in [0.2, 0.25) is 0 Å². The highest BCUT2D eigenvalue weighted by Gasteiger charge is 2.35. The van der Waals surface area contributed by atoms with Crippen molar-refractivity contribution >= 4 is 29.3 Å². The second-order valence-electron chi connectivity index (χ2n) is 10.9. The molecule has 3 aromatic carbocycles. The summed E-state index contributed by atoms with van der Waals surface area (Å²) in [6, 6.07) is 22.1. The molecule has 1 aliphatic carbocycles. The van der Waals surface area contributed by atoms with Gasteiger partial charge in [0, 0.05) is 30.4 Å². The molecule has 0 amide bonds. The van der Waals surface area contributed by atoms with Crippen molar-refractivity contribution in [2.75, 3.05) is 12.0 Å². The topological polar surface area (TPSA) is 47.4 Å². The summed E-state index contributed by atoms with van der Waals surface area (Å²) in [5, 5.41) is 5.30. The number of carbonyl (C=O) groups is 1. The molecule has 0 spiro atoms. The molecule has 204 valence electrons. The van der Waals surface area contributed by atoms with Crippen LogP contribution in [0.4, 0.5) is 5.69 Å². The molecule has 2 heterocycles. The number of aryl methyl sites for hydroxylation is 1. The first kappa shape index (κ1) is 26.4. The van der Waals surface area contributed by atoms with Crippen molar-refractivity contribution in [3.63, 3.8) is 0 Å². The van der Waals surface area contributed by atoms with Crippen LogP contribution in [-0.2, 0) is 22.5 Å². The fourth-order valence-corrected chi connectivity index (χ4v) is 6.16. The van der Waals surface area contributed by atoms with Gasteiger partial charge in [-0.2, -0.15) is 5.10 Å². The monoisotopic (exact) mass is 551 g/mol. The zero-order chi connectivity index (χ0) is 27.8. The maximum absolute atomic E-state index is 11.6. The molecule has 40 heavy (non-hydrogen) atoms. The van der Waals surface area contributed by atoms with E-state index in [1.54, 1.807) is 6.08 Å². The maximum Gasteiger partial charge on any atom is 0.330 e. The third-order valence-electron chi connectivity index (χ3n) is 8.16. The van der Waals surface area contributed by atoms with Gasteiger partial charge < -0.3 is 9.64 Å². The van der Waals surface area contributed by atoms with Crippen LogP contribution in [-0.4, -0.2) is 28.9 Å². The van der Waals surface area contributed by atoms with E-state index in [9.17, 15) is 4.79 Å². The Morgan fingerprint density at radius 3 is 2.50 bits per heavy atom. The van der Waals surface area contributed by atoms with E-state index < -0.39 is 0 Å². The number of ether oxygens (including phenoxy) is 1. The Bertz CT molecular complexity index is 1570. The van der Waals surface area contributed by atoms with Gasteiger partial charge in [-0.15, -0.1) is 0 Å². The number of aromatic nitrogens is 2. The molecule has 6 rings (SSSR count). The first-order chi connectivity index (χ1) is 19.4. The molecule has 0 N–H and O–H groups in total. The molecule has 1 aliphatic heterocycles. The minimum absolute atomic E-state index is 0.00548. The first-order valence-electron chi connectivity index (χ1n) is 14.0. The number of benzene rings is 3. The Labute approximate surface area is 241 Å². The molecule has 1 aromatic heterocycles. The maximum atomic E-state index is 11.6. The van der Waals surface area contributed by atoms with Gasteiger partial charge in [0.15, 0.2) is 0 Å². The van der Waals surface area contributed by atoms with Gasteiger partial charge in [-0.3, -0.25) is 4.68 Å². The van der Waals surface area contributed by atoms with E-state index in [2.05, 4.69) is 90.7 Å². The highest BCUT2D eigenvalue weighted by molar-refractivity contribution is 6.33. The van der Waals surface area contributed by atoms with Crippen LogP contribution in [0.2, 0.25) is 5.02 Å². The fraction of sp³-hybridized carbons (Fsp3) is 0.294. The fourth-order valence-electron chi connectivity index (χ4n) is 5.88. The van der Waals surface area contributed by atoms with E-state index >= 15 is 0 Å². The molecule has 0 saturated heterocycles. The smallest absolute Gasteiger partial charge is 0.330 e. The van der Waals surface area contributed by atoms with E-state index in [-0.39, 0.29) is 18.1 Å². The van der Waals surface area contributed by atoms with E-state index in [0.29, 0.717) is 5.92 Å². The van der Waals surface area contributed by atoms with Crippen molar-refractivity contribution in [1.29, 1.82) is 0 Å². The number of anilines is 1. The third kappa shape index (κ3) is 5.18. The number of methoxy groups -OCH3 is 1. The number of esters is 1. The first-order valence-corrected chi connectivity index (χ1v) is 14.4. The van der Waals surface area contributed by atoms with Crippen LogP contribution in [0.3, 0.4) is 0 Å². The summed E-state index contributed by atoms with van der Waals surface area (Å²) in [5.74, 6) is 0.290. The van der Waals surface area contributed by atoms with E-state index in [4.69, 9.17) is 16.3 Å².